The summed E-state index contributed by atoms with van der Waals surface area (Å²) in [5, 5.41) is 3.81. The standard InChI is InChI=1S/C28H33N3O/c1-27(2,3)20-28(4,5)30-26-24(22-15-10-7-11-16-22)29-25-23(17-12-18-31(25)26)32-19-21-13-8-6-9-14-21/h6-18,30H,19-20H2,1-5H3. The second kappa shape index (κ2) is 8.70. The molecule has 0 atom stereocenters. The van der Waals surface area contributed by atoms with Crippen LogP contribution in [0.2, 0.25) is 0 Å². The van der Waals surface area contributed by atoms with E-state index in [9.17, 15) is 0 Å². The number of aromatic nitrogens is 2. The topological polar surface area (TPSA) is 38.6 Å². The van der Waals surface area contributed by atoms with Crippen molar-refractivity contribution in [1.82, 2.24) is 9.38 Å². The van der Waals surface area contributed by atoms with Crippen LogP contribution in [0.15, 0.2) is 79.0 Å². The first-order valence-corrected chi connectivity index (χ1v) is 11.2. The fourth-order valence-electron chi connectivity index (χ4n) is 4.50. The van der Waals surface area contributed by atoms with Crippen LogP contribution in [0, 0.1) is 5.41 Å². The van der Waals surface area contributed by atoms with Crippen LogP contribution in [-0.4, -0.2) is 14.9 Å². The Hall–Kier alpha value is -3.27. The molecule has 2 aromatic carbocycles. The largest absolute Gasteiger partial charge is 0.485 e. The third-order valence-corrected chi connectivity index (χ3v) is 5.33. The van der Waals surface area contributed by atoms with Gasteiger partial charge in [-0.15, -0.1) is 0 Å². The monoisotopic (exact) mass is 427 g/mol. The van der Waals surface area contributed by atoms with E-state index in [2.05, 4.69) is 86.9 Å². The van der Waals surface area contributed by atoms with Gasteiger partial charge in [0.1, 0.15) is 18.1 Å². The summed E-state index contributed by atoms with van der Waals surface area (Å²) in [6.07, 6.45) is 3.07. The van der Waals surface area contributed by atoms with Gasteiger partial charge < -0.3 is 10.1 Å². The highest BCUT2D eigenvalue weighted by Crippen LogP contribution is 2.36. The number of hydrogen-bond acceptors (Lipinski definition) is 3. The maximum atomic E-state index is 6.21. The van der Waals surface area contributed by atoms with Gasteiger partial charge in [0.05, 0.1) is 0 Å². The molecule has 2 aromatic heterocycles. The molecule has 0 unspecified atom stereocenters. The average Bonchev–Trinajstić information content (AvgIpc) is 3.10. The molecule has 2 heterocycles. The lowest BCUT2D eigenvalue weighted by atomic mass is 9.82. The normalized spacial score (nSPS) is 12.2. The number of nitrogens with zero attached hydrogens (tertiary/aromatic N) is 2. The molecule has 4 rings (SSSR count). The van der Waals surface area contributed by atoms with E-state index >= 15 is 0 Å². The summed E-state index contributed by atoms with van der Waals surface area (Å²) in [6.45, 7) is 11.8. The van der Waals surface area contributed by atoms with Crippen molar-refractivity contribution in [2.75, 3.05) is 5.32 Å². The van der Waals surface area contributed by atoms with Crippen molar-refractivity contribution in [2.45, 2.75) is 53.2 Å². The molecule has 0 fully saturated rings. The average molecular weight is 428 g/mol. The Bertz CT molecular complexity index is 1170. The maximum absolute atomic E-state index is 6.21. The van der Waals surface area contributed by atoms with Gasteiger partial charge in [0.15, 0.2) is 11.4 Å². The Balaban J connectivity index is 1.76. The lowest BCUT2D eigenvalue weighted by Crippen LogP contribution is -2.36. The lowest BCUT2D eigenvalue weighted by molar-refractivity contribution is 0.301. The summed E-state index contributed by atoms with van der Waals surface area (Å²) in [7, 11) is 0. The highest BCUT2D eigenvalue weighted by molar-refractivity contribution is 5.78. The minimum absolute atomic E-state index is 0.112. The summed E-state index contributed by atoms with van der Waals surface area (Å²) >= 11 is 0. The van der Waals surface area contributed by atoms with E-state index in [-0.39, 0.29) is 11.0 Å². The Kier molecular flexibility index (Phi) is 5.96. The van der Waals surface area contributed by atoms with Gasteiger partial charge >= 0.3 is 0 Å². The number of imidazole rings is 1. The molecule has 4 nitrogen and oxygen atoms in total. The van der Waals surface area contributed by atoms with E-state index in [0.29, 0.717) is 6.61 Å². The number of anilines is 1. The third kappa shape index (κ3) is 5.13. The molecule has 4 aromatic rings. The summed E-state index contributed by atoms with van der Waals surface area (Å²) in [4.78, 5) is 5.05. The van der Waals surface area contributed by atoms with Gasteiger partial charge in [0, 0.05) is 17.3 Å². The highest BCUT2D eigenvalue weighted by Gasteiger charge is 2.28. The quantitative estimate of drug-likeness (QED) is 0.339. The van der Waals surface area contributed by atoms with E-state index < -0.39 is 0 Å². The Morgan fingerprint density at radius 3 is 2.16 bits per heavy atom. The van der Waals surface area contributed by atoms with Crippen molar-refractivity contribution in [1.29, 1.82) is 0 Å². The smallest absolute Gasteiger partial charge is 0.181 e. The minimum atomic E-state index is -0.112. The van der Waals surface area contributed by atoms with Gasteiger partial charge in [-0.25, -0.2) is 4.98 Å². The van der Waals surface area contributed by atoms with E-state index in [0.717, 1.165) is 40.5 Å². The van der Waals surface area contributed by atoms with Gasteiger partial charge in [-0.2, -0.15) is 0 Å². The molecule has 0 radical (unpaired) electrons. The van der Waals surface area contributed by atoms with Crippen molar-refractivity contribution >= 4 is 11.5 Å². The fourth-order valence-corrected chi connectivity index (χ4v) is 4.50. The second-order valence-corrected chi connectivity index (χ2v) is 10.3. The van der Waals surface area contributed by atoms with Crippen molar-refractivity contribution in [3.05, 3.63) is 84.6 Å². The molecule has 0 spiro atoms. The molecular formula is C28H33N3O. The predicted molar refractivity (Wildman–Crippen MR) is 133 cm³/mol. The fraction of sp³-hybridized carbons (Fsp3) is 0.321. The maximum Gasteiger partial charge on any atom is 0.181 e. The molecule has 0 aliphatic rings. The summed E-state index contributed by atoms with van der Waals surface area (Å²) < 4.78 is 8.33. The number of pyridine rings is 1. The van der Waals surface area contributed by atoms with E-state index in [4.69, 9.17) is 9.72 Å². The first kappa shape index (κ1) is 21.9. The third-order valence-electron chi connectivity index (χ3n) is 5.33. The first-order chi connectivity index (χ1) is 15.2. The SMILES string of the molecule is CC(C)(C)CC(C)(C)Nc1c(-c2ccccc2)nc2c(OCc3ccccc3)cccn12. The summed E-state index contributed by atoms with van der Waals surface area (Å²) in [5.74, 6) is 1.76. The van der Waals surface area contributed by atoms with E-state index in [1.54, 1.807) is 0 Å². The number of hydrogen-bond donors (Lipinski definition) is 1. The Morgan fingerprint density at radius 2 is 1.50 bits per heavy atom. The van der Waals surface area contributed by atoms with Crippen molar-refractivity contribution in [3.63, 3.8) is 0 Å². The molecule has 0 aliphatic carbocycles. The Labute approximate surface area is 191 Å². The molecule has 166 valence electrons. The molecule has 0 saturated carbocycles. The van der Waals surface area contributed by atoms with Crippen LogP contribution in [-0.2, 0) is 6.61 Å². The second-order valence-electron chi connectivity index (χ2n) is 10.3. The number of nitrogens with one attached hydrogen (secondary N) is 1. The molecular weight excluding hydrogens is 394 g/mol. The predicted octanol–water partition coefficient (Wildman–Crippen LogP) is 7.21. The number of benzene rings is 2. The highest BCUT2D eigenvalue weighted by atomic mass is 16.5. The molecule has 0 bridgehead atoms. The molecule has 0 saturated heterocycles. The zero-order chi connectivity index (χ0) is 22.8. The molecule has 1 N–H and O–H groups in total. The van der Waals surface area contributed by atoms with Gasteiger partial charge in [-0.3, -0.25) is 4.40 Å². The van der Waals surface area contributed by atoms with Crippen LogP contribution in [0.5, 0.6) is 5.75 Å². The van der Waals surface area contributed by atoms with Gasteiger partial charge in [-0.1, -0.05) is 81.4 Å². The van der Waals surface area contributed by atoms with Crippen LogP contribution < -0.4 is 10.1 Å². The molecule has 32 heavy (non-hydrogen) atoms. The van der Waals surface area contributed by atoms with Gasteiger partial charge in [-0.05, 0) is 43.4 Å². The summed E-state index contributed by atoms with van der Waals surface area (Å²) in [6, 6.07) is 24.6. The lowest BCUT2D eigenvalue weighted by Gasteiger charge is -2.34. The number of ether oxygens (including phenoxy) is 1. The van der Waals surface area contributed by atoms with Gasteiger partial charge in [0.2, 0.25) is 0 Å². The zero-order valence-corrected chi connectivity index (χ0v) is 19.7. The van der Waals surface area contributed by atoms with Crippen LogP contribution in [0.3, 0.4) is 0 Å². The van der Waals surface area contributed by atoms with E-state index in [1.165, 1.54) is 0 Å². The van der Waals surface area contributed by atoms with Crippen LogP contribution in [0.1, 0.15) is 46.6 Å². The van der Waals surface area contributed by atoms with Crippen molar-refractivity contribution in [3.8, 4) is 17.0 Å². The van der Waals surface area contributed by atoms with Crippen molar-refractivity contribution in [2.24, 2.45) is 5.41 Å². The molecule has 4 heteroatoms. The van der Waals surface area contributed by atoms with Crippen LogP contribution in [0.4, 0.5) is 5.82 Å². The number of rotatable bonds is 7. The summed E-state index contributed by atoms with van der Waals surface area (Å²) in [5.41, 5.74) is 4.06. The van der Waals surface area contributed by atoms with Crippen molar-refractivity contribution < 1.29 is 4.74 Å². The first-order valence-electron chi connectivity index (χ1n) is 11.2. The Morgan fingerprint density at radius 1 is 0.844 bits per heavy atom. The van der Waals surface area contributed by atoms with Gasteiger partial charge in [0.25, 0.3) is 0 Å². The molecule has 0 amide bonds. The van der Waals surface area contributed by atoms with E-state index in [1.807, 2.05) is 36.4 Å². The van der Waals surface area contributed by atoms with Crippen LogP contribution >= 0.6 is 0 Å². The zero-order valence-electron chi connectivity index (χ0n) is 19.7. The van der Waals surface area contributed by atoms with Crippen LogP contribution in [0.25, 0.3) is 16.9 Å². The number of fused-ring (bicyclic) bond motifs is 1. The molecule has 0 aliphatic heterocycles. The minimum Gasteiger partial charge on any atom is -0.485 e.